The minimum absolute atomic E-state index is 0.0905. The first kappa shape index (κ1) is 17.1. The van der Waals surface area contributed by atoms with Crippen molar-refractivity contribution >= 4 is 18.0 Å². The lowest BCUT2D eigenvalue weighted by atomic mass is 10.1. The summed E-state index contributed by atoms with van der Waals surface area (Å²) in [6.07, 6.45) is 7.71. The number of ether oxygens (including phenoxy) is 3. The molecule has 0 bridgehead atoms. The van der Waals surface area contributed by atoms with Crippen LogP contribution in [0, 0.1) is 12.3 Å². The predicted octanol–water partition coefficient (Wildman–Crippen LogP) is 1.01. The zero-order valence-electron chi connectivity index (χ0n) is 12.4. The van der Waals surface area contributed by atoms with Crippen molar-refractivity contribution in [1.82, 2.24) is 5.32 Å². The zero-order chi connectivity index (χ0) is 16.4. The summed E-state index contributed by atoms with van der Waals surface area (Å²) in [5, 5.41) is 2.38. The number of terminal acetylenes is 1. The molecule has 1 rings (SSSR count). The number of esters is 1. The van der Waals surface area contributed by atoms with Crippen LogP contribution >= 0.6 is 0 Å². The van der Waals surface area contributed by atoms with E-state index in [1.807, 2.05) is 0 Å². The van der Waals surface area contributed by atoms with Crippen LogP contribution in [0.2, 0.25) is 0 Å². The van der Waals surface area contributed by atoms with Crippen LogP contribution in [-0.2, 0) is 14.3 Å². The topological polar surface area (TPSA) is 73.9 Å². The van der Waals surface area contributed by atoms with E-state index in [0.29, 0.717) is 17.1 Å². The third-order valence-corrected chi connectivity index (χ3v) is 2.57. The Hall–Kier alpha value is -2.94. The molecule has 0 spiro atoms. The van der Waals surface area contributed by atoms with Gasteiger partial charge in [-0.3, -0.25) is 4.79 Å². The van der Waals surface area contributed by atoms with E-state index in [9.17, 15) is 9.59 Å². The molecular formula is C16H17NO5. The standard InChI is InChI=1S/C16H17NO5/c1-4-10-17-14(18)11-22-15(19)9-8-12-6-5-7-13(20-2)16(12)21-3/h1,5-9H,10-11H2,2-3H3,(H,17,18)/b9-8+. The Balaban J connectivity index is 2.63. The van der Waals surface area contributed by atoms with E-state index in [1.165, 1.54) is 26.4 Å². The highest BCUT2D eigenvalue weighted by Crippen LogP contribution is 2.31. The van der Waals surface area contributed by atoms with Crippen molar-refractivity contribution in [3.05, 3.63) is 29.8 Å². The van der Waals surface area contributed by atoms with Crippen molar-refractivity contribution in [3.8, 4) is 23.8 Å². The normalized spacial score (nSPS) is 9.86. The summed E-state index contributed by atoms with van der Waals surface area (Å²) in [5.74, 6) is 2.18. The molecule has 0 aliphatic carbocycles. The minimum atomic E-state index is -0.652. The molecule has 116 valence electrons. The van der Waals surface area contributed by atoms with E-state index in [2.05, 4.69) is 11.2 Å². The largest absolute Gasteiger partial charge is 0.493 e. The molecule has 6 nitrogen and oxygen atoms in total. The van der Waals surface area contributed by atoms with Gasteiger partial charge in [0.15, 0.2) is 18.1 Å². The second kappa shape index (κ2) is 9.08. The molecular weight excluding hydrogens is 286 g/mol. The Morgan fingerprint density at radius 2 is 2.09 bits per heavy atom. The molecule has 0 atom stereocenters. The summed E-state index contributed by atoms with van der Waals surface area (Å²) in [6, 6.07) is 5.26. The molecule has 0 radical (unpaired) electrons. The predicted molar refractivity (Wildman–Crippen MR) is 81.4 cm³/mol. The van der Waals surface area contributed by atoms with E-state index in [1.54, 1.807) is 18.2 Å². The average Bonchev–Trinajstić information content (AvgIpc) is 2.55. The van der Waals surface area contributed by atoms with E-state index in [-0.39, 0.29) is 13.2 Å². The number of hydrogen-bond donors (Lipinski definition) is 1. The van der Waals surface area contributed by atoms with Crippen molar-refractivity contribution < 1.29 is 23.8 Å². The van der Waals surface area contributed by atoms with Gasteiger partial charge in [-0.2, -0.15) is 0 Å². The number of methoxy groups -OCH3 is 2. The highest BCUT2D eigenvalue weighted by atomic mass is 16.5. The minimum Gasteiger partial charge on any atom is -0.493 e. The molecule has 0 aromatic heterocycles. The van der Waals surface area contributed by atoms with E-state index < -0.39 is 11.9 Å². The number of benzene rings is 1. The molecule has 0 aliphatic rings. The zero-order valence-corrected chi connectivity index (χ0v) is 12.4. The maximum Gasteiger partial charge on any atom is 0.331 e. The second-order valence-electron chi connectivity index (χ2n) is 4.00. The average molecular weight is 303 g/mol. The fourth-order valence-electron chi connectivity index (χ4n) is 1.59. The van der Waals surface area contributed by atoms with Crippen LogP contribution in [0.1, 0.15) is 5.56 Å². The van der Waals surface area contributed by atoms with Crippen LogP contribution in [0.25, 0.3) is 6.08 Å². The molecule has 0 aliphatic heterocycles. The van der Waals surface area contributed by atoms with Gasteiger partial charge in [0.05, 0.1) is 20.8 Å². The van der Waals surface area contributed by atoms with Gasteiger partial charge in [-0.05, 0) is 12.1 Å². The van der Waals surface area contributed by atoms with E-state index in [4.69, 9.17) is 20.6 Å². The molecule has 0 unspecified atom stereocenters. The maximum atomic E-state index is 11.5. The third-order valence-electron chi connectivity index (χ3n) is 2.57. The SMILES string of the molecule is C#CCNC(=O)COC(=O)/C=C/c1cccc(OC)c1OC. The molecule has 0 saturated carbocycles. The number of rotatable bonds is 7. The number of hydrogen-bond acceptors (Lipinski definition) is 5. The van der Waals surface area contributed by atoms with Gasteiger partial charge < -0.3 is 19.5 Å². The monoisotopic (exact) mass is 303 g/mol. The van der Waals surface area contributed by atoms with E-state index in [0.717, 1.165) is 0 Å². The highest BCUT2D eigenvalue weighted by molar-refractivity contribution is 5.89. The molecule has 6 heteroatoms. The summed E-state index contributed by atoms with van der Waals surface area (Å²) >= 11 is 0. The highest BCUT2D eigenvalue weighted by Gasteiger charge is 2.08. The first-order valence-electron chi connectivity index (χ1n) is 6.38. The molecule has 0 heterocycles. The smallest absolute Gasteiger partial charge is 0.331 e. The van der Waals surface area contributed by atoms with Crippen molar-refractivity contribution in [1.29, 1.82) is 0 Å². The van der Waals surface area contributed by atoms with Crippen molar-refractivity contribution in [2.45, 2.75) is 0 Å². The van der Waals surface area contributed by atoms with E-state index >= 15 is 0 Å². The molecule has 1 aromatic rings. The Morgan fingerprint density at radius 3 is 2.73 bits per heavy atom. The first-order chi connectivity index (χ1) is 10.6. The van der Waals surface area contributed by atoms with Crippen LogP contribution in [0.4, 0.5) is 0 Å². The van der Waals surface area contributed by atoms with Crippen LogP contribution in [0.3, 0.4) is 0 Å². The lowest BCUT2D eigenvalue weighted by Gasteiger charge is -2.09. The van der Waals surface area contributed by atoms with Gasteiger partial charge >= 0.3 is 5.97 Å². The molecule has 1 amide bonds. The molecule has 0 saturated heterocycles. The van der Waals surface area contributed by atoms with Gasteiger partial charge in [-0.15, -0.1) is 6.42 Å². The van der Waals surface area contributed by atoms with Crippen LogP contribution in [0.15, 0.2) is 24.3 Å². The quantitative estimate of drug-likeness (QED) is 0.462. The maximum absolute atomic E-state index is 11.5. The Bertz CT molecular complexity index is 601. The number of carbonyl (C=O) groups is 2. The lowest BCUT2D eigenvalue weighted by molar-refractivity contribution is -0.143. The van der Waals surface area contributed by atoms with Gasteiger partial charge in [0.2, 0.25) is 0 Å². The van der Waals surface area contributed by atoms with Gasteiger partial charge in [0.1, 0.15) is 0 Å². The summed E-state index contributed by atoms with van der Waals surface area (Å²) in [5.41, 5.74) is 0.649. The molecule has 1 aromatic carbocycles. The Kier molecular flexibility index (Phi) is 7.06. The van der Waals surface area contributed by atoms with Crippen molar-refractivity contribution in [2.75, 3.05) is 27.4 Å². The Morgan fingerprint density at radius 1 is 1.32 bits per heavy atom. The fourth-order valence-corrected chi connectivity index (χ4v) is 1.59. The number of nitrogens with one attached hydrogen (secondary N) is 1. The molecule has 22 heavy (non-hydrogen) atoms. The third kappa shape index (κ3) is 5.21. The Labute approximate surface area is 129 Å². The summed E-state index contributed by atoms with van der Waals surface area (Å²) in [7, 11) is 3.03. The summed E-state index contributed by atoms with van der Waals surface area (Å²) in [4.78, 5) is 22.8. The summed E-state index contributed by atoms with van der Waals surface area (Å²) in [6.45, 7) is -0.298. The lowest BCUT2D eigenvalue weighted by Crippen LogP contribution is -2.28. The van der Waals surface area contributed by atoms with Gasteiger partial charge in [-0.25, -0.2) is 4.79 Å². The van der Waals surface area contributed by atoms with Crippen molar-refractivity contribution in [2.24, 2.45) is 0 Å². The van der Waals surface area contributed by atoms with Crippen LogP contribution in [0.5, 0.6) is 11.5 Å². The van der Waals surface area contributed by atoms with Crippen molar-refractivity contribution in [3.63, 3.8) is 0 Å². The van der Waals surface area contributed by atoms with Gasteiger partial charge in [-0.1, -0.05) is 18.1 Å². The first-order valence-corrected chi connectivity index (χ1v) is 6.38. The molecule has 0 fully saturated rings. The number of amides is 1. The second-order valence-corrected chi connectivity index (χ2v) is 4.00. The molecule has 1 N–H and O–H groups in total. The fraction of sp³-hybridized carbons (Fsp3) is 0.250. The van der Waals surface area contributed by atoms with Gasteiger partial charge in [0, 0.05) is 11.6 Å². The van der Waals surface area contributed by atoms with Gasteiger partial charge in [0.25, 0.3) is 5.91 Å². The van der Waals surface area contributed by atoms with Crippen LogP contribution < -0.4 is 14.8 Å². The summed E-state index contributed by atoms with van der Waals surface area (Å²) < 4.78 is 15.2. The number of carbonyl (C=O) groups excluding carboxylic acids is 2. The van der Waals surface area contributed by atoms with Crippen LogP contribution in [-0.4, -0.2) is 39.2 Å². The number of para-hydroxylation sites is 1.